The summed E-state index contributed by atoms with van der Waals surface area (Å²) in [7, 11) is 5.81. The largest absolute Gasteiger partial charge is 0.508 e. The summed E-state index contributed by atoms with van der Waals surface area (Å²) >= 11 is 0. The summed E-state index contributed by atoms with van der Waals surface area (Å²) in [6, 6.07) is 12.4. The zero-order valence-corrected chi connectivity index (χ0v) is 15.5. The fourth-order valence-corrected chi connectivity index (χ4v) is 3.54. The first-order valence-electron chi connectivity index (χ1n) is 8.90. The van der Waals surface area contributed by atoms with Gasteiger partial charge in [0.05, 0.1) is 7.11 Å². The Kier molecular flexibility index (Phi) is 5.61. The molecule has 0 aliphatic carbocycles. The molecule has 4 nitrogen and oxygen atoms in total. The lowest BCUT2D eigenvalue weighted by Gasteiger charge is -2.16. The van der Waals surface area contributed by atoms with Gasteiger partial charge in [-0.15, -0.1) is 0 Å². The van der Waals surface area contributed by atoms with Crippen molar-refractivity contribution in [1.29, 1.82) is 0 Å². The van der Waals surface area contributed by atoms with Gasteiger partial charge in [0.1, 0.15) is 11.5 Å². The third-order valence-electron chi connectivity index (χ3n) is 4.95. The van der Waals surface area contributed by atoms with Crippen LogP contribution >= 0.6 is 0 Å². The number of fused-ring (bicyclic) bond motifs is 1. The number of aromatic hydroxyl groups is 1. The molecule has 0 saturated carbocycles. The van der Waals surface area contributed by atoms with E-state index >= 15 is 0 Å². The number of methoxy groups -OCH3 is 1. The zero-order valence-electron chi connectivity index (χ0n) is 15.5. The van der Waals surface area contributed by atoms with Gasteiger partial charge in [0.2, 0.25) is 0 Å². The molecule has 0 amide bonds. The molecule has 0 bridgehead atoms. The lowest BCUT2D eigenvalue weighted by Crippen LogP contribution is -2.20. The number of phenols is 1. The van der Waals surface area contributed by atoms with E-state index in [9.17, 15) is 5.11 Å². The number of phenolic OH excluding ortho intramolecular Hbond substituents is 1. The van der Waals surface area contributed by atoms with Crippen LogP contribution < -0.4 is 4.74 Å². The average molecular weight is 340 g/mol. The van der Waals surface area contributed by atoms with Crippen molar-refractivity contribution in [2.24, 2.45) is 0 Å². The topological polar surface area (TPSA) is 35.9 Å². The zero-order chi connectivity index (χ0) is 17.8. The van der Waals surface area contributed by atoms with Crippen LogP contribution in [0.2, 0.25) is 0 Å². The lowest BCUT2D eigenvalue weighted by atomic mass is 9.98. The molecule has 0 aromatic heterocycles. The van der Waals surface area contributed by atoms with Crippen molar-refractivity contribution in [3.63, 3.8) is 0 Å². The third-order valence-corrected chi connectivity index (χ3v) is 4.95. The number of likely N-dealkylation sites (N-methyl/N-ethyl adjacent to an activating group) is 1. The van der Waals surface area contributed by atoms with Crippen molar-refractivity contribution in [1.82, 2.24) is 9.80 Å². The molecule has 2 aromatic rings. The molecule has 2 aromatic carbocycles. The molecule has 0 radical (unpaired) electrons. The van der Waals surface area contributed by atoms with Crippen LogP contribution in [0.4, 0.5) is 0 Å². The Bertz CT molecular complexity index is 714. The van der Waals surface area contributed by atoms with E-state index in [0.717, 1.165) is 50.3 Å². The Morgan fingerprint density at radius 1 is 1.08 bits per heavy atom. The SMILES string of the molecule is COc1cc(O)c(CCN(C)C)c2c1CN(CCc1ccccc1)C2. The molecule has 0 fully saturated rings. The molecule has 0 unspecified atom stereocenters. The minimum atomic E-state index is 0.363. The number of benzene rings is 2. The summed E-state index contributed by atoms with van der Waals surface area (Å²) in [5, 5.41) is 10.5. The quantitative estimate of drug-likeness (QED) is 0.840. The second-order valence-electron chi connectivity index (χ2n) is 7.03. The van der Waals surface area contributed by atoms with Crippen LogP contribution in [-0.2, 0) is 25.9 Å². The van der Waals surface area contributed by atoms with E-state index in [2.05, 4.69) is 54.2 Å². The average Bonchev–Trinajstić information content (AvgIpc) is 3.03. The van der Waals surface area contributed by atoms with Crippen molar-refractivity contribution in [3.8, 4) is 11.5 Å². The van der Waals surface area contributed by atoms with Crippen LogP contribution in [0.5, 0.6) is 11.5 Å². The van der Waals surface area contributed by atoms with Crippen molar-refractivity contribution >= 4 is 0 Å². The van der Waals surface area contributed by atoms with Gasteiger partial charge in [-0.25, -0.2) is 0 Å². The van der Waals surface area contributed by atoms with Gasteiger partial charge < -0.3 is 14.7 Å². The Labute approximate surface area is 150 Å². The van der Waals surface area contributed by atoms with E-state index in [1.54, 1.807) is 13.2 Å². The number of rotatable bonds is 7. The molecule has 0 saturated heterocycles. The molecule has 25 heavy (non-hydrogen) atoms. The molecular weight excluding hydrogens is 312 g/mol. The smallest absolute Gasteiger partial charge is 0.127 e. The predicted octanol–water partition coefficient (Wildman–Crippen LogP) is 3.06. The van der Waals surface area contributed by atoms with Crippen molar-refractivity contribution < 1.29 is 9.84 Å². The lowest BCUT2D eigenvalue weighted by molar-refractivity contribution is 0.284. The normalized spacial score (nSPS) is 14.1. The number of nitrogens with zero attached hydrogens (tertiary/aromatic N) is 2. The fraction of sp³-hybridized carbons (Fsp3) is 0.429. The first-order valence-corrected chi connectivity index (χ1v) is 8.90. The van der Waals surface area contributed by atoms with Crippen LogP contribution in [0.1, 0.15) is 22.3 Å². The highest BCUT2D eigenvalue weighted by molar-refractivity contribution is 5.54. The standard InChI is InChI=1S/C21H28N2O2/c1-22(2)11-10-17-18-14-23(12-9-16-7-5-4-6-8-16)15-19(18)21(25-3)13-20(17)24/h4-8,13,24H,9-12,14-15H2,1-3H3. The molecule has 4 heteroatoms. The van der Waals surface area contributed by atoms with Gasteiger partial charge in [0.25, 0.3) is 0 Å². The van der Waals surface area contributed by atoms with Crippen LogP contribution in [0, 0.1) is 0 Å². The van der Waals surface area contributed by atoms with Crippen molar-refractivity contribution in [2.45, 2.75) is 25.9 Å². The Morgan fingerprint density at radius 2 is 1.80 bits per heavy atom. The molecule has 0 atom stereocenters. The summed E-state index contributed by atoms with van der Waals surface area (Å²) in [6.07, 6.45) is 1.90. The van der Waals surface area contributed by atoms with Crippen LogP contribution in [-0.4, -0.2) is 49.2 Å². The van der Waals surface area contributed by atoms with E-state index in [-0.39, 0.29) is 0 Å². The molecule has 134 valence electrons. The van der Waals surface area contributed by atoms with Crippen LogP contribution in [0.25, 0.3) is 0 Å². The molecule has 1 N–H and O–H groups in total. The first-order chi connectivity index (χ1) is 12.1. The molecular formula is C21H28N2O2. The molecule has 1 heterocycles. The third kappa shape index (κ3) is 4.14. The van der Waals surface area contributed by atoms with Gasteiger partial charge in [-0.05, 0) is 38.1 Å². The fourth-order valence-electron chi connectivity index (χ4n) is 3.54. The second-order valence-corrected chi connectivity index (χ2v) is 7.03. The van der Waals surface area contributed by atoms with Gasteiger partial charge >= 0.3 is 0 Å². The molecule has 1 aliphatic heterocycles. The van der Waals surface area contributed by atoms with E-state index < -0.39 is 0 Å². The summed E-state index contributed by atoms with van der Waals surface area (Å²) < 4.78 is 5.53. The Hall–Kier alpha value is -2.04. The van der Waals surface area contributed by atoms with Gasteiger partial charge in [-0.3, -0.25) is 4.90 Å². The predicted molar refractivity (Wildman–Crippen MR) is 101 cm³/mol. The van der Waals surface area contributed by atoms with E-state index in [1.807, 2.05) is 0 Å². The van der Waals surface area contributed by atoms with E-state index in [1.165, 1.54) is 16.7 Å². The van der Waals surface area contributed by atoms with Gasteiger partial charge in [0.15, 0.2) is 0 Å². The highest BCUT2D eigenvalue weighted by Gasteiger charge is 2.27. The van der Waals surface area contributed by atoms with E-state index in [0.29, 0.717) is 5.75 Å². The maximum absolute atomic E-state index is 10.5. The maximum atomic E-state index is 10.5. The van der Waals surface area contributed by atoms with Crippen LogP contribution in [0.15, 0.2) is 36.4 Å². The minimum Gasteiger partial charge on any atom is -0.508 e. The highest BCUT2D eigenvalue weighted by Crippen LogP contribution is 2.39. The molecule has 0 spiro atoms. The van der Waals surface area contributed by atoms with Gasteiger partial charge in [0, 0.05) is 43.4 Å². The summed E-state index contributed by atoms with van der Waals surface area (Å²) in [5.41, 5.74) is 4.93. The summed E-state index contributed by atoms with van der Waals surface area (Å²) in [5.74, 6) is 1.17. The molecule has 1 aliphatic rings. The molecule has 3 rings (SSSR count). The second kappa shape index (κ2) is 7.89. The highest BCUT2D eigenvalue weighted by atomic mass is 16.5. The van der Waals surface area contributed by atoms with Gasteiger partial charge in [-0.2, -0.15) is 0 Å². The monoisotopic (exact) mass is 340 g/mol. The Balaban J connectivity index is 1.76. The summed E-state index contributed by atoms with van der Waals surface area (Å²) in [6.45, 7) is 3.71. The number of hydrogen-bond donors (Lipinski definition) is 1. The minimum absolute atomic E-state index is 0.363. The first kappa shape index (κ1) is 17.8. The Morgan fingerprint density at radius 3 is 2.48 bits per heavy atom. The maximum Gasteiger partial charge on any atom is 0.127 e. The van der Waals surface area contributed by atoms with Crippen LogP contribution in [0.3, 0.4) is 0 Å². The van der Waals surface area contributed by atoms with Crippen molar-refractivity contribution in [2.75, 3.05) is 34.3 Å². The van der Waals surface area contributed by atoms with Crippen molar-refractivity contribution in [3.05, 3.63) is 58.7 Å². The van der Waals surface area contributed by atoms with Gasteiger partial charge in [-0.1, -0.05) is 30.3 Å². The van der Waals surface area contributed by atoms with E-state index in [4.69, 9.17) is 4.74 Å². The number of hydrogen-bond acceptors (Lipinski definition) is 4. The summed E-state index contributed by atoms with van der Waals surface area (Å²) in [4.78, 5) is 4.59. The number of ether oxygens (including phenoxy) is 1.